The van der Waals surface area contributed by atoms with Gasteiger partial charge < -0.3 is 9.73 Å². The molecule has 4 rings (SSSR count). The lowest BCUT2D eigenvalue weighted by Crippen LogP contribution is -2.43. The number of nitrogens with one attached hydrogen (secondary N) is 1. The van der Waals surface area contributed by atoms with Crippen LogP contribution in [0.1, 0.15) is 23.2 Å². The summed E-state index contributed by atoms with van der Waals surface area (Å²) in [7, 11) is -2.28. The molecular weight excluding hydrogens is 435 g/mol. The molecule has 1 aliphatic heterocycles. The van der Waals surface area contributed by atoms with Crippen LogP contribution in [0.4, 0.5) is 10.1 Å². The second-order valence-electron chi connectivity index (χ2n) is 7.07. The number of hydrogen-bond acceptors (Lipinski definition) is 6. The van der Waals surface area contributed by atoms with Crippen LogP contribution in [-0.4, -0.2) is 42.8 Å². The highest BCUT2D eigenvalue weighted by molar-refractivity contribution is 7.89. The van der Waals surface area contributed by atoms with Gasteiger partial charge in [0, 0.05) is 23.3 Å². The van der Waals surface area contributed by atoms with E-state index in [1.165, 1.54) is 26.1 Å². The summed E-state index contributed by atoms with van der Waals surface area (Å²) >= 11 is 5.91. The number of carbonyl (C=O) groups excluding carboxylic acids is 1. The minimum atomic E-state index is -3.64. The molecule has 2 aromatic carbocycles. The predicted molar refractivity (Wildman–Crippen MR) is 111 cm³/mol. The summed E-state index contributed by atoms with van der Waals surface area (Å²) in [5.74, 6) is -1.88. The second-order valence-corrected chi connectivity index (χ2v) is 9.54. The average Bonchev–Trinajstić information content (AvgIpc) is 3.09. The van der Waals surface area contributed by atoms with Gasteiger partial charge in [-0.1, -0.05) is 11.6 Å². The van der Waals surface area contributed by atoms with Gasteiger partial charge in [0.1, 0.15) is 16.9 Å². The van der Waals surface area contributed by atoms with Crippen LogP contribution in [0, 0.1) is 5.82 Å². The van der Waals surface area contributed by atoms with Crippen LogP contribution in [0.25, 0.3) is 11.1 Å². The Morgan fingerprint density at radius 3 is 2.80 bits per heavy atom. The first kappa shape index (κ1) is 20.3. The third kappa shape index (κ3) is 3.63. The Balaban J connectivity index is 1.64. The van der Waals surface area contributed by atoms with Gasteiger partial charge in [-0.25, -0.2) is 17.8 Å². The van der Waals surface area contributed by atoms with Gasteiger partial charge in [0.15, 0.2) is 5.58 Å². The minimum absolute atomic E-state index is 0.0394. The molecule has 2 heterocycles. The third-order valence-electron chi connectivity index (χ3n) is 4.76. The van der Waals surface area contributed by atoms with Crippen molar-refractivity contribution in [1.29, 1.82) is 0 Å². The fourth-order valence-corrected chi connectivity index (χ4v) is 4.62. The highest BCUT2D eigenvalue weighted by Crippen LogP contribution is 2.34. The molecule has 1 aliphatic rings. The topological polar surface area (TPSA) is 105 Å². The fourth-order valence-electron chi connectivity index (χ4n) is 3.12. The molecule has 3 aromatic rings. The molecule has 30 heavy (non-hydrogen) atoms. The molecule has 0 saturated heterocycles. The number of rotatable bonds is 3. The molecule has 1 N–H and O–H groups in total. The first-order chi connectivity index (χ1) is 14.1. The molecule has 156 valence electrons. The maximum Gasteiger partial charge on any atom is 0.311 e. The second kappa shape index (κ2) is 7.06. The molecule has 1 atom stereocenters. The Kier molecular flexibility index (Phi) is 4.78. The number of aromatic nitrogens is 1. The first-order valence-corrected chi connectivity index (χ1v) is 10.7. The number of anilines is 1. The van der Waals surface area contributed by atoms with Crippen molar-refractivity contribution in [2.45, 2.75) is 12.5 Å². The van der Waals surface area contributed by atoms with Crippen molar-refractivity contribution in [2.75, 3.05) is 18.1 Å². The Morgan fingerprint density at radius 1 is 1.30 bits per heavy atom. The molecule has 0 aliphatic carbocycles. The number of benzene rings is 2. The Morgan fingerprint density at radius 2 is 2.07 bits per heavy atom. The zero-order chi connectivity index (χ0) is 21.7. The van der Waals surface area contributed by atoms with Crippen LogP contribution in [0.15, 0.2) is 45.8 Å². The van der Waals surface area contributed by atoms with Crippen molar-refractivity contribution in [2.24, 2.45) is 4.99 Å². The average molecular weight is 451 g/mol. The van der Waals surface area contributed by atoms with E-state index in [2.05, 4.69) is 15.3 Å². The van der Waals surface area contributed by atoms with E-state index in [4.69, 9.17) is 16.0 Å². The molecule has 0 saturated carbocycles. The number of halogens is 2. The molecule has 0 fully saturated rings. The molecule has 8 nitrogen and oxygen atoms in total. The normalized spacial score (nSPS) is 20.5. The quantitative estimate of drug-likeness (QED) is 0.658. The number of amides is 1. The number of aliphatic imine (C=N–C) groups is 1. The molecule has 0 spiro atoms. The van der Waals surface area contributed by atoms with E-state index in [9.17, 15) is 17.6 Å². The molecule has 1 amide bonds. The smallest absolute Gasteiger partial charge is 0.311 e. The SMILES string of the molecule is CN1C=NC(C)(c2cc(NC(=O)c3nc4cc(Cl)ccc4o3)ccc2F)CS1(=O)=O. The summed E-state index contributed by atoms with van der Waals surface area (Å²) in [6.07, 6.45) is 1.15. The zero-order valence-corrected chi connectivity index (χ0v) is 17.5. The summed E-state index contributed by atoms with van der Waals surface area (Å²) in [6.45, 7) is 1.52. The largest absolute Gasteiger partial charge is 0.432 e. The van der Waals surface area contributed by atoms with Crippen molar-refractivity contribution in [1.82, 2.24) is 9.29 Å². The number of sulfonamides is 1. The molecule has 11 heteroatoms. The monoisotopic (exact) mass is 450 g/mol. The molecular formula is C19H16ClFN4O4S. The number of carbonyl (C=O) groups is 1. The van der Waals surface area contributed by atoms with Crippen LogP contribution in [0.3, 0.4) is 0 Å². The summed E-state index contributed by atoms with van der Waals surface area (Å²) in [5, 5.41) is 3.03. The lowest BCUT2D eigenvalue weighted by molar-refractivity contribution is 0.0992. The lowest BCUT2D eigenvalue weighted by Gasteiger charge is -2.32. The van der Waals surface area contributed by atoms with E-state index in [1.807, 2.05) is 0 Å². The van der Waals surface area contributed by atoms with Gasteiger partial charge in [-0.2, -0.15) is 0 Å². The molecule has 1 unspecified atom stereocenters. The van der Waals surface area contributed by atoms with Crippen molar-refractivity contribution in [3.63, 3.8) is 0 Å². The van der Waals surface area contributed by atoms with E-state index in [1.54, 1.807) is 18.2 Å². The van der Waals surface area contributed by atoms with Crippen molar-refractivity contribution in [3.05, 3.63) is 58.7 Å². The van der Waals surface area contributed by atoms with Gasteiger partial charge >= 0.3 is 5.91 Å². The highest BCUT2D eigenvalue weighted by Gasteiger charge is 2.39. The van der Waals surface area contributed by atoms with Crippen LogP contribution >= 0.6 is 11.6 Å². The fraction of sp³-hybridized carbons (Fsp3) is 0.211. The standard InChI is InChI=1S/C19H16ClFN4O4S/c1-19(9-30(27,28)25(2)10-22-19)13-8-12(4-5-14(13)21)23-17(26)18-24-15-7-11(20)3-6-16(15)29-18/h3-8,10H,9H2,1-2H3,(H,23,26). The van der Waals surface area contributed by atoms with E-state index >= 15 is 0 Å². The maximum absolute atomic E-state index is 14.5. The predicted octanol–water partition coefficient (Wildman–Crippen LogP) is 3.39. The molecule has 0 radical (unpaired) electrons. The number of nitrogens with zero attached hydrogens (tertiary/aromatic N) is 3. The number of fused-ring (bicyclic) bond motifs is 1. The number of oxazole rings is 1. The van der Waals surface area contributed by atoms with Crippen LogP contribution in [-0.2, 0) is 15.6 Å². The van der Waals surface area contributed by atoms with Crippen LogP contribution < -0.4 is 5.32 Å². The van der Waals surface area contributed by atoms with E-state index < -0.39 is 33.0 Å². The summed E-state index contributed by atoms with van der Waals surface area (Å²) < 4.78 is 45.5. The van der Waals surface area contributed by atoms with E-state index in [-0.39, 0.29) is 17.1 Å². The summed E-state index contributed by atoms with van der Waals surface area (Å²) in [5.41, 5.74) is -0.250. The Labute approximate surface area is 176 Å². The van der Waals surface area contributed by atoms with Gasteiger partial charge in [0.25, 0.3) is 5.89 Å². The van der Waals surface area contributed by atoms with Gasteiger partial charge in [0.05, 0.1) is 12.1 Å². The molecule has 1 aromatic heterocycles. The minimum Gasteiger partial charge on any atom is -0.432 e. The highest BCUT2D eigenvalue weighted by atomic mass is 35.5. The summed E-state index contributed by atoms with van der Waals surface area (Å²) in [6, 6.07) is 8.61. The summed E-state index contributed by atoms with van der Waals surface area (Å²) in [4.78, 5) is 20.8. The third-order valence-corrected chi connectivity index (χ3v) is 6.89. The van der Waals surface area contributed by atoms with Crippen molar-refractivity contribution >= 4 is 50.7 Å². The zero-order valence-electron chi connectivity index (χ0n) is 15.9. The van der Waals surface area contributed by atoms with Gasteiger partial charge in [-0.3, -0.25) is 14.1 Å². The Bertz CT molecular complexity index is 1310. The molecule has 0 bridgehead atoms. The van der Waals surface area contributed by atoms with Crippen molar-refractivity contribution < 1.29 is 22.0 Å². The van der Waals surface area contributed by atoms with Gasteiger partial charge in [-0.05, 0) is 43.3 Å². The lowest BCUT2D eigenvalue weighted by atomic mass is 9.93. The van der Waals surface area contributed by atoms with Crippen LogP contribution in [0.2, 0.25) is 5.02 Å². The first-order valence-electron chi connectivity index (χ1n) is 8.76. The van der Waals surface area contributed by atoms with Crippen molar-refractivity contribution in [3.8, 4) is 0 Å². The van der Waals surface area contributed by atoms with E-state index in [0.29, 0.717) is 16.1 Å². The van der Waals surface area contributed by atoms with Gasteiger partial charge in [-0.15, -0.1) is 0 Å². The number of hydrogen-bond donors (Lipinski definition) is 1. The van der Waals surface area contributed by atoms with E-state index in [0.717, 1.165) is 16.7 Å². The van der Waals surface area contributed by atoms with Crippen LogP contribution in [0.5, 0.6) is 0 Å². The Hall–Kier alpha value is -2.98. The van der Waals surface area contributed by atoms with Gasteiger partial charge in [0.2, 0.25) is 10.0 Å². The maximum atomic E-state index is 14.5.